The van der Waals surface area contributed by atoms with E-state index >= 15 is 0 Å². The molecule has 1 aliphatic rings. The summed E-state index contributed by atoms with van der Waals surface area (Å²) in [5.74, 6) is 0.698. The molecular weight excluding hydrogens is 292 g/mol. The minimum atomic E-state index is -0.0594. The van der Waals surface area contributed by atoms with E-state index in [-0.39, 0.29) is 17.7 Å². The second-order valence-corrected chi connectivity index (χ2v) is 5.79. The third kappa shape index (κ3) is 2.99. The van der Waals surface area contributed by atoms with Gasteiger partial charge in [-0.3, -0.25) is 9.59 Å². The lowest BCUT2D eigenvalue weighted by Gasteiger charge is -2.24. The lowest BCUT2D eigenvalue weighted by atomic mass is 10.0. The Bertz CT molecular complexity index is 718. The van der Waals surface area contributed by atoms with Gasteiger partial charge in [-0.15, -0.1) is 0 Å². The number of benzene rings is 1. The Kier molecular flexibility index (Phi) is 4.19. The number of hydrogen-bond acceptors (Lipinski definition) is 3. The molecule has 1 aliphatic heterocycles. The van der Waals surface area contributed by atoms with Gasteiger partial charge in [-0.1, -0.05) is 12.1 Å². The Morgan fingerprint density at radius 2 is 2.00 bits per heavy atom. The molecule has 0 saturated carbocycles. The number of likely N-dealkylation sites (tertiary alicyclic amines) is 1. The van der Waals surface area contributed by atoms with Crippen LogP contribution in [0.15, 0.2) is 36.5 Å². The molecule has 3 rings (SSSR count). The Morgan fingerprint density at radius 3 is 2.61 bits per heavy atom. The minimum Gasteiger partial charge on any atom is -0.497 e. The van der Waals surface area contributed by atoms with Crippen molar-refractivity contribution in [3.05, 3.63) is 53.3 Å². The predicted octanol–water partition coefficient (Wildman–Crippen LogP) is 3.20. The Hall–Kier alpha value is -2.56. The number of Topliss-reactive ketones (excluding diaryl/α,β-unsaturated/α-hetero) is 1. The molecular formula is C18H20N2O3. The van der Waals surface area contributed by atoms with E-state index in [4.69, 9.17) is 4.74 Å². The van der Waals surface area contributed by atoms with Gasteiger partial charge in [0, 0.05) is 18.3 Å². The second-order valence-electron chi connectivity index (χ2n) is 5.79. The Labute approximate surface area is 135 Å². The molecule has 0 spiro atoms. The summed E-state index contributed by atoms with van der Waals surface area (Å²) >= 11 is 0. The van der Waals surface area contributed by atoms with E-state index in [1.54, 1.807) is 19.4 Å². The Balaban J connectivity index is 1.82. The molecule has 1 aromatic carbocycles. The number of methoxy groups -OCH3 is 1. The number of carbonyl (C=O) groups excluding carboxylic acids is 2. The van der Waals surface area contributed by atoms with Crippen molar-refractivity contribution in [2.75, 3.05) is 13.7 Å². The number of carbonyl (C=O) groups is 2. The van der Waals surface area contributed by atoms with Crippen LogP contribution in [0, 0.1) is 0 Å². The molecule has 1 aromatic heterocycles. The predicted molar refractivity (Wildman–Crippen MR) is 86.8 cm³/mol. The summed E-state index contributed by atoms with van der Waals surface area (Å²) in [6.45, 7) is 2.22. The molecule has 5 heteroatoms. The largest absolute Gasteiger partial charge is 0.497 e. The highest BCUT2D eigenvalue weighted by Crippen LogP contribution is 2.33. The normalized spacial score (nSPS) is 17.3. The highest BCUT2D eigenvalue weighted by atomic mass is 16.5. The highest BCUT2D eigenvalue weighted by molar-refractivity contribution is 5.99. The molecule has 2 heterocycles. The number of ether oxygens (including phenoxy) is 1. The molecule has 0 unspecified atom stereocenters. The fourth-order valence-electron chi connectivity index (χ4n) is 3.06. The number of aromatic nitrogens is 1. The lowest BCUT2D eigenvalue weighted by Crippen LogP contribution is -2.30. The number of aromatic amines is 1. The minimum absolute atomic E-state index is 0.0478. The van der Waals surface area contributed by atoms with Crippen molar-refractivity contribution in [1.82, 2.24) is 9.88 Å². The van der Waals surface area contributed by atoms with E-state index in [9.17, 15) is 9.59 Å². The summed E-state index contributed by atoms with van der Waals surface area (Å²) in [6.07, 6.45) is 3.51. The molecule has 0 aliphatic carbocycles. The zero-order valence-electron chi connectivity index (χ0n) is 13.3. The summed E-state index contributed by atoms with van der Waals surface area (Å²) in [5, 5.41) is 0. The first-order chi connectivity index (χ1) is 11.1. The average molecular weight is 312 g/mol. The van der Waals surface area contributed by atoms with Crippen molar-refractivity contribution >= 4 is 11.7 Å². The zero-order valence-corrected chi connectivity index (χ0v) is 13.3. The van der Waals surface area contributed by atoms with Crippen molar-refractivity contribution in [2.24, 2.45) is 0 Å². The van der Waals surface area contributed by atoms with Crippen LogP contribution in [0.1, 0.15) is 52.2 Å². The maximum absolute atomic E-state index is 12.7. The van der Waals surface area contributed by atoms with Crippen LogP contribution in [0.25, 0.3) is 0 Å². The third-order valence-electron chi connectivity index (χ3n) is 4.33. The van der Waals surface area contributed by atoms with Gasteiger partial charge in [0.25, 0.3) is 5.91 Å². The van der Waals surface area contributed by atoms with Crippen LogP contribution >= 0.6 is 0 Å². The second kappa shape index (κ2) is 6.28. The number of ketones is 1. The number of rotatable bonds is 4. The maximum Gasteiger partial charge on any atom is 0.270 e. The third-order valence-corrected chi connectivity index (χ3v) is 4.33. The maximum atomic E-state index is 12.7. The van der Waals surface area contributed by atoms with Crippen LogP contribution in [0.3, 0.4) is 0 Å². The number of amides is 1. The number of nitrogens with one attached hydrogen (secondary N) is 1. The van der Waals surface area contributed by atoms with Crippen molar-refractivity contribution < 1.29 is 14.3 Å². The SMILES string of the molecule is COc1ccc([C@@H]2CCCN2C(=O)c2cc(C(C)=O)c[nH]2)cc1. The molecule has 0 bridgehead atoms. The molecule has 2 aromatic rings. The first kappa shape index (κ1) is 15.3. The fourth-order valence-corrected chi connectivity index (χ4v) is 3.06. The summed E-state index contributed by atoms with van der Waals surface area (Å²) in [5.41, 5.74) is 2.11. The molecule has 1 N–H and O–H groups in total. The van der Waals surface area contributed by atoms with Gasteiger partial charge in [-0.25, -0.2) is 0 Å². The number of H-pyrrole nitrogens is 1. The molecule has 1 saturated heterocycles. The van der Waals surface area contributed by atoms with Gasteiger partial charge in [-0.2, -0.15) is 0 Å². The van der Waals surface area contributed by atoms with Crippen LogP contribution < -0.4 is 4.74 Å². The van der Waals surface area contributed by atoms with Crippen LogP contribution in [0.2, 0.25) is 0 Å². The molecule has 23 heavy (non-hydrogen) atoms. The van der Waals surface area contributed by atoms with Gasteiger partial charge in [0.05, 0.1) is 13.2 Å². The monoisotopic (exact) mass is 312 g/mol. The van der Waals surface area contributed by atoms with Gasteiger partial charge < -0.3 is 14.6 Å². The van der Waals surface area contributed by atoms with Crippen LogP contribution in [0.4, 0.5) is 0 Å². The van der Waals surface area contributed by atoms with E-state index in [1.165, 1.54) is 6.92 Å². The standard InChI is InChI=1S/C18H20N2O3/c1-12(21)14-10-16(19-11-14)18(22)20-9-3-4-17(20)13-5-7-15(23-2)8-6-13/h5-8,10-11,17,19H,3-4,9H2,1-2H3/t17-/m0/s1. The summed E-state index contributed by atoms with van der Waals surface area (Å²) < 4.78 is 5.18. The van der Waals surface area contributed by atoms with Gasteiger partial charge in [0.15, 0.2) is 5.78 Å². The van der Waals surface area contributed by atoms with Crippen LogP contribution in [0.5, 0.6) is 5.75 Å². The summed E-state index contributed by atoms with van der Waals surface area (Å²) in [7, 11) is 1.64. The first-order valence-corrected chi connectivity index (χ1v) is 7.74. The van der Waals surface area contributed by atoms with E-state index in [1.807, 2.05) is 29.2 Å². The van der Waals surface area contributed by atoms with Crippen molar-refractivity contribution in [3.63, 3.8) is 0 Å². The van der Waals surface area contributed by atoms with E-state index in [0.29, 0.717) is 11.3 Å². The highest BCUT2D eigenvalue weighted by Gasteiger charge is 2.31. The molecule has 120 valence electrons. The van der Waals surface area contributed by atoms with E-state index < -0.39 is 0 Å². The number of nitrogens with zero attached hydrogens (tertiary/aromatic N) is 1. The van der Waals surface area contributed by atoms with Crippen LogP contribution in [-0.2, 0) is 0 Å². The Morgan fingerprint density at radius 1 is 1.26 bits per heavy atom. The van der Waals surface area contributed by atoms with Gasteiger partial charge in [0.1, 0.15) is 11.4 Å². The van der Waals surface area contributed by atoms with Crippen molar-refractivity contribution in [3.8, 4) is 5.75 Å². The number of hydrogen-bond donors (Lipinski definition) is 1. The molecule has 1 fully saturated rings. The van der Waals surface area contributed by atoms with Gasteiger partial charge >= 0.3 is 0 Å². The van der Waals surface area contributed by atoms with Gasteiger partial charge in [0.2, 0.25) is 0 Å². The van der Waals surface area contributed by atoms with Gasteiger partial charge in [-0.05, 0) is 43.5 Å². The quantitative estimate of drug-likeness (QED) is 0.882. The molecule has 1 atom stereocenters. The molecule has 0 radical (unpaired) electrons. The smallest absolute Gasteiger partial charge is 0.270 e. The topological polar surface area (TPSA) is 62.4 Å². The zero-order chi connectivity index (χ0) is 16.4. The average Bonchev–Trinajstić information content (AvgIpc) is 3.23. The van der Waals surface area contributed by atoms with Crippen LogP contribution in [-0.4, -0.2) is 35.2 Å². The summed E-state index contributed by atoms with van der Waals surface area (Å²) in [4.78, 5) is 28.9. The lowest BCUT2D eigenvalue weighted by molar-refractivity contribution is 0.0730. The van der Waals surface area contributed by atoms with Crippen molar-refractivity contribution in [1.29, 1.82) is 0 Å². The van der Waals surface area contributed by atoms with E-state index in [2.05, 4.69) is 4.98 Å². The molecule has 1 amide bonds. The molecule has 5 nitrogen and oxygen atoms in total. The first-order valence-electron chi connectivity index (χ1n) is 7.74. The van der Waals surface area contributed by atoms with Crippen molar-refractivity contribution in [2.45, 2.75) is 25.8 Å². The summed E-state index contributed by atoms with van der Waals surface area (Å²) in [6, 6.07) is 9.54. The fraction of sp³-hybridized carbons (Fsp3) is 0.333. The van der Waals surface area contributed by atoms with E-state index in [0.717, 1.165) is 30.7 Å².